The monoisotopic (exact) mass is 505 g/mol. The molecule has 0 bridgehead atoms. The van der Waals surface area contributed by atoms with Gasteiger partial charge in [0.15, 0.2) is 0 Å². The third-order valence-electron chi connectivity index (χ3n) is 7.87. The Hall–Kier alpha value is -3.30. The number of hydrogen-bond donors (Lipinski definition) is 2. The molecule has 1 saturated heterocycles. The van der Waals surface area contributed by atoms with E-state index in [9.17, 15) is 20.0 Å². The van der Waals surface area contributed by atoms with E-state index in [1.54, 1.807) is 6.07 Å². The van der Waals surface area contributed by atoms with Gasteiger partial charge < -0.3 is 9.67 Å². The van der Waals surface area contributed by atoms with Crippen molar-refractivity contribution in [3.63, 3.8) is 0 Å². The predicted octanol–water partition coefficient (Wildman–Crippen LogP) is 5.30. The number of nitrogens with zero attached hydrogens (tertiary/aromatic N) is 4. The van der Waals surface area contributed by atoms with Crippen molar-refractivity contribution in [2.75, 3.05) is 25.0 Å². The van der Waals surface area contributed by atoms with Crippen molar-refractivity contribution in [1.29, 1.82) is 0 Å². The van der Waals surface area contributed by atoms with Gasteiger partial charge in [-0.3, -0.25) is 25.1 Å². The van der Waals surface area contributed by atoms with Crippen LogP contribution in [0.15, 0.2) is 42.5 Å². The van der Waals surface area contributed by atoms with Crippen LogP contribution in [0.4, 0.5) is 11.6 Å². The number of fused-ring (bicyclic) bond motifs is 1. The standard InChI is InChI=1S/C28H35N5O4/c34-16-13-20-7-10-23(11-8-20)32-26-12-9-21(19-31-14-2-1-3-15-31)17-25(26)29-28(32)30-27(35)22-5-4-6-24(18-22)33(36)37/h4-6,9,12,17-18,20,23,34H,1-3,7-8,10-11,13-16,19H2,(H,29,30,35). The summed E-state index contributed by atoms with van der Waals surface area (Å²) in [7, 11) is 0. The smallest absolute Gasteiger partial charge is 0.270 e. The van der Waals surface area contributed by atoms with Crippen molar-refractivity contribution in [3.05, 3.63) is 63.7 Å². The fourth-order valence-corrected chi connectivity index (χ4v) is 5.88. The fourth-order valence-electron chi connectivity index (χ4n) is 5.88. The minimum absolute atomic E-state index is 0.120. The molecule has 1 aliphatic heterocycles. The van der Waals surface area contributed by atoms with Crippen LogP contribution in [0.25, 0.3) is 11.0 Å². The predicted molar refractivity (Wildman–Crippen MR) is 143 cm³/mol. The van der Waals surface area contributed by atoms with E-state index >= 15 is 0 Å². The Balaban J connectivity index is 1.44. The van der Waals surface area contributed by atoms with Crippen molar-refractivity contribution >= 4 is 28.6 Å². The first-order valence-electron chi connectivity index (χ1n) is 13.4. The summed E-state index contributed by atoms with van der Waals surface area (Å²) >= 11 is 0. The number of carbonyl (C=O) groups is 1. The van der Waals surface area contributed by atoms with Crippen LogP contribution in [0.1, 0.15) is 73.3 Å². The number of aliphatic hydroxyl groups excluding tert-OH is 1. The Morgan fingerprint density at radius 3 is 2.59 bits per heavy atom. The van der Waals surface area contributed by atoms with E-state index in [4.69, 9.17) is 4.98 Å². The molecule has 5 rings (SSSR count). The molecule has 2 N–H and O–H groups in total. The van der Waals surface area contributed by atoms with Gasteiger partial charge in [-0.15, -0.1) is 0 Å². The minimum Gasteiger partial charge on any atom is -0.396 e. The van der Waals surface area contributed by atoms with Crippen LogP contribution in [-0.2, 0) is 6.54 Å². The van der Waals surface area contributed by atoms with Crippen LogP contribution in [0.2, 0.25) is 0 Å². The zero-order chi connectivity index (χ0) is 25.8. The Labute approximate surface area is 216 Å². The molecule has 0 unspecified atom stereocenters. The minimum atomic E-state index is -0.499. The molecule has 3 aromatic rings. The summed E-state index contributed by atoms with van der Waals surface area (Å²) in [5, 5.41) is 23.5. The van der Waals surface area contributed by atoms with Crippen molar-refractivity contribution in [2.24, 2.45) is 5.92 Å². The quantitative estimate of drug-likeness (QED) is 0.317. The van der Waals surface area contributed by atoms with E-state index in [2.05, 4.69) is 33.0 Å². The number of non-ortho nitro benzene ring substituents is 1. The molecule has 2 fully saturated rings. The lowest BCUT2D eigenvalue weighted by Crippen LogP contribution is -2.29. The molecule has 1 aromatic heterocycles. The molecule has 1 amide bonds. The van der Waals surface area contributed by atoms with E-state index in [1.807, 2.05) is 0 Å². The topological polar surface area (TPSA) is 114 Å². The van der Waals surface area contributed by atoms with Crippen molar-refractivity contribution in [1.82, 2.24) is 14.5 Å². The summed E-state index contributed by atoms with van der Waals surface area (Å²) < 4.78 is 2.14. The first-order valence-corrected chi connectivity index (χ1v) is 13.4. The van der Waals surface area contributed by atoms with Crippen LogP contribution in [0.3, 0.4) is 0 Å². The van der Waals surface area contributed by atoms with E-state index in [1.165, 1.54) is 43.0 Å². The summed E-state index contributed by atoms with van der Waals surface area (Å²) in [4.78, 5) is 31.2. The summed E-state index contributed by atoms with van der Waals surface area (Å²) in [5.41, 5.74) is 3.15. The Kier molecular flexibility index (Phi) is 7.81. The molecule has 9 nitrogen and oxygen atoms in total. The highest BCUT2D eigenvalue weighted by Gasteiger charge is 2.27. The number of anilines is 1. The normalized spacial score (nSPS) is 20.7. The van der Waals surface area contributed by atoms with Crippen LogP contribution in [0.5, 0.6) is 0 Å². The average molecular weight is 506 g/mol. The van der Waals surface area contributed by atoms with E-state index < -0.39 is 10.8 Å². The number of amides is 1. The second-order valence-corrected chi connectivity index (χ2v) is 10.4. The van der Waals surface area contributed by atoms with Gasteiger partial charge in [0.25, 0.3) is 11.6 Å². The molecule has 9 heteroatoms. The Morgan fingerprint density at radius 1 is 1.08 bits per heavy atom. The Bertz CT molecular complexity index is 1260. The maximum atomic E-state index is 13.1. The molecule has 0 radical (unpaired) electrons. The summed E-state index contributed by atoms with van der Waals surface area (Å²) in [6, 6.07) is 12.4. The number of nitro groups is 1. The number of benzene rings is 2. The molecule has 1 saturated carbocycles. The van der Waals surface area contributed by atoms with Gasteiger partial charge in [-0.05, 0) is 87.7 Å². The number of aliphatic hydroxyl groups is 1. The highest BCUT2D eigenvalue weighted by atomic mass is 16.6. The van der Waals surface area contributed by atoms with Gasteiger partial charge in [0, 0.05) is 36.9 Å². The van der Waals surface area contributed by atoms with Gasteiger partial charge in [0.1, 0.15) is 0 Å². The first kappa shape index (κ1) is 25.4. The molecule has 196 valence electrons. The first-order chi connectivity index (χ1) is 18.0. The number of hydrogen-bond acceptors (Lipinski definition) is 6. The number of piperidine rings is 1. The zero-order valence-corrected chi connectivity index (χ0v) is 21.1. The lowest BCUT2D eigenvalue weighted by molar-refractivity contribution is -0.384. The number of carbonyl (C=O) groups excluding carboxylic acids is 1. The average Bonchev–Trinajstić information content (AvgIpc) is 3.27. The van der Waals surface area contributed by atoms with Gasteiger partial charge in [0.05, 0.1) is 16.0 Å². The zero-order valence-electron chi connectivity index (χ0n) is 21.1. The maximum Gasteiger partial charge on any atom is 0.270 e. The second-order valence-electron chi connectivity index (χ2n) is 10.4. The molecular formula is C28H35N5O4. The number of nitro benzene ring substituents is 1. The second kappa shape index (κ2) is 11.4. The van der Waals surface area contributed by atoms with Crippen LogP contribution in [0, 0.1) is 16.0 Å². The maximum absolute atomic E-state index is 13.1. The number of imidazole rings is 1. The summed E-state index contributed by atoms with van der Waals surface area (Å²) in [5.74, 6) is 0.588. The van der Waals surface area contributed by atoms with Crippen molar-refractivity contribution in [2.45, 2.75) is 64.0 Å². The highest BCUT2D eigenvalue weighted by molar-refractivity contribution is 6.04. The molecule has 1 aliphatic carbocycles. The number of rotatable bonds is 8. The third kappa shape index (κ3) is 5.83. The van der Waals surface area contributed by atoms with Crippen molar-refractivity contribution < 1.29 is 14.8 Å². The molecule has 0 spiro atoms. The number of likely N-dealkylation sites (tertiary alicyclic amines) is 1. The van der Waals surface area contributed by atoms with Gasteiger partial charge in [-0.2, -0.15) is 0 Å². The molecule has 2 heterocycles. The van der Waals surface area contributed by atoms with Crippen LogP contribution < -0.4 is 5.32 Å². The molecular weight excluding hydrogens is 470 g/mol. The highest BCUT2D eigenvalue weighted by Crippen LogP contribution is 2.38. The number of nitrogens with one attached hydrogen (secondary N) is 1. The van der Waals surface area contributed by atoms with Gasteiger partial charge in [-0.1, -0.05) is 18.6 Å². The van der Waals surface area contributed by atoms with Gasteiger partial charge in [-0.25, -0.2) is 4.98 Å². The fraction of sp³-hybridized carbons (Fsp3) is 0.500. The third-order valence-corrected chi connectivity index (χ3v) is 7.87. The van der Waals surface area contributed by atoms with Crippen molar-refractivity contribution in [3.8, 4) is 0 Å². The largest absolute Gasteiger partial charge is 0.396 e. The van der Waals surface area contributed by atoms with Gasteiger partial charge in [0.2, 0.25) is 5.95 Å². The Morgan fingerprint density at radius 2 is 1.86 bits per heavy atom. The van der Waals surface area contributed by atoms with Crippen LogP contribution in [-0.4, -0.2) is 50.1 Å². The summed E-state index contributed by atoms with van der Waals surface area (Å²) in [6.07, 6.45) is 8.55. The lowest BCUT2D eigenvalue weighted by atomic mass is 9.84. The van der Waals surface area contributed by atoms with E-state index in [0.717, 1.165) is 62.8 Å². The van der Waals surface area contributed by atoms with E-state index in [-0.39, 0.29) is 23.9 Å². The summed E-state index contributed by atoms with van der Waals surface area (Å²) in [6.45, 7) is 3.35. The molecule has 2 aromatic carbocycles. The SMILES string of the molecule is O=C(Nc1nc2cc(CN3CCCCC3)ccc2n1C1CCC(CCO)CC1)c1cccc([N+](=O)[O-])c1. The van der Waals surface area contributed by atoms with Gasteiger partial charge >= 0.3 is 0 Å². The molecule has 2 aliphatic rings. The molecule has 37 heavy (non-hydrogen) atoms. The van der Waals surface area contributed by atoms with Crippen LogP contribution >= 0.6 is 0 Å². The lowest BCUT2D eigenvalue weighted by Gasteiger charge is -2.30. The molecule has 0 atom stereocenters. The van der Waals surface area contributed by atoms with E-state index in [0.29, 0.717) is 11.9 Å². The number of aromatic nitrogens is 2.